The second-order valence-electron chi connectivity index (χ2n) is 5.35. The van der Waals surface area contributed by atoms with Crippen LogP contribution in [0.1, 0.15) is 30.9 Å². The normalized spacial score (nSPS) is 25.9. The summed E-state index contributed by atoms with van der Waals surface area (Å²) in [5, 5.41) is 0. The van der Waals surface area contributed by atoms with Crippen molar-refractivity contribution in [2.45, 2.75) is 31.8 Å². The Hall–Kier alpha value is -1.35. The van der Waals surface area contributed by atoms with Gasteiger partial charge < -0.3 is 4.74 Å². The van der Waals surface area contributed by atoms with Crippen LogP contribution >= 0.6 is 0 Å². The summed E-state index contributed by atoms with van der Waals surface area (Å²) in [6.07, 6.45) is 2.19. The third kappa shape index (κ3) is 1.65. The van der Waals surface area contributed by atoms with E-state index in [1.54, 1.807) is 12.1 Å². The highest BCUT2D eigenvalue weighted by Crippen LogP contribution is 2.47. The van der Waals surface area contributed by atoms with Gasteiger partial charge in [-0.3, -0.25) is 4.90 Å². The van der Waals surface area contributed by atoms with Gasteiger partial charge in [0, 0.05) is 6.54 Å². The van der Waals surface area contributed by atoms with Gasteiger partial charge in [0.05, 0.1) is 11.3 Å². The second kappa shape index (κ2) is 4.09. The summed E-state index contributed by atoms with van der Waals surface area (Å²) in [6, 6.07) is 5.14. The Morgan fingerprint density at radius 1 is 1.56 bits per heavy atom. The Bertz CT molecular complexity index is 499. The van der Waals surface area contributed by atoms with E-state index in [0.29, 0.717) is 6.61 Å². The molecule has 0 aromatic heterocycles. The maximum absolute atomic E-state index is 13.5. The first kappa shape index (κ1) is 11.7. The molecule has 1 atom stereocenters. The number of ether oxygens (including phenoxy) is 1. The van der Waals surface area contributed by atoms with Gasteiger partial charge in [-0.1, -0.05) is 12.6 Å². The molecule has 0 bridgehead atoms. The van der Waals surface area contributed by atoms with Crippen LogP contribution in [0.4, 0.5) is 4.39 Å². The van der Waals surface area contributed by atoms with E-state index in [1.807, 2.05) is 13.0 Å². The molecule has 0 aliphatic carbocycles. The average molecular weight is 247 g/mol. The molecule has 2 heterocycles. The lowest BCUT2D eigenvalue weighted by Gasteiger charge is -2.33. The smallest absolute Gasteiger partial charge is 0.123 e. The van der Waals surface area contributed by atoms with Crippen molar-refractivity contribution in [1.82, 2.24) is 4.90 Å². The van der Waals surface area contributed by atoms with Crippen molar-refractivity contribution >= 4 is 0 Å². The molecule has 0 N–H and O–H groups in total. The van der Waals surface area contributed by atoms with Crippen molar-refractivity contribution in [3.8, 4) is 0 Å². The average Bonchev–Trinajstić information content (AvgIpc) is 2.83. The zero-order valence-electron chi connectivity index (χ0n) is 10.7. The predicted octanol–water partition coefficient (Wildman–Crippen LogP) is 3.18. The molecule has 2 aliphatic heterocycles. The summed E-state index contributed by atoms with van der Waals surface area (Å²) in [5.74, 6) is 0.568. The molecule has 1 fully saturated rings. The molecule has 3 heteroatoms. The quantitative estimate of drug-likeness (QED) is 0.761. The first-order valence-corrected chi connectivity index (χ1v) is 6.44. The topological polar surface area (TPSA) is 12.5 Å². The van der Waals surface area contributed by atoms with Gasteiger partial charge in [-0.25, -0.2) is 4.39 Å². The van der Waals surface area contributed by atoms with Gasteiger partial charge in [0.25, 0.3) is 0 Å². The number of allylic oxidation sites excluding steroid dienone is 1. The summed E-state index contributed by atoms with van der Waals surface area (Å²) < 4.78 is 19.2. The van der Waals surface area contributed by atoms with Crippen molar-refractivity contribution in [3.05, 3.63) is 47.5 Å². The number of benzene rings is 1. The Morgan fingerprint density at radius 3 is 3.17 bits per heavy atom. The molecule has 0 saturated carbocycles. The SMILES string of the molecule is C=C(C)OCC12CCCN1Cc1ccc(F)cc12. The molecular weight excluding hydrogens is 229 g/mol. The van der Waals surface area contributed by atoms with Crippen LogP contribution in [0.2, 0.25) is 0 Å². The Morgan fingerprint density at radius 2 is 2.39 bits per heavy atom. The summed E-state index contributed by atoms with van der Waals surface area (Å²) in [5.41, 5.74) is 2.22. The highest BCUT2D eigenvalue weighted by Gasteiger charge is 2.48. The number of fused-ring (bicyclic) bond motifs is 3. The lowest BCUT2D eigenvalue weighted by atomic mass is 9.88. The van der Waals surface area contributed by atoms with Crippen molar-refractivity contribution in [1.29, 1.82) is 0 Å². The fourth-order valence-corrected chi connectivity index (χ4v) is 3.28. The predicted molar refractivity (Wildman–Crippen MR) is 68.5 cm³/mol. The largest absolute Gasteiger partial charge is 0.497 e. The third-order valence-electron chi connectivity index (χ3n) is 4.12. The van der Waals surface area contributed by atoms with Gasteiger partial charge in [0.15, 0.2) is 0 Å². The molecular formula is C15H18FNO. The Labute approximate surface area is 107 Å². The van der Waals surface area contributed by atoms with E-state index in [0.717, 1.165) is 37.3 Å². The zero-order chi connectivity index (χ0) is 12.8. The van der Waals surface area contributed by atoms with Crippen LogP contribution in [0.5, 0.6) is 0 Å². The number of nitrogens with zero attached hydrogens (tertiary/aromatic N) is 1. The number of hydrogen-bond acceptors (Lipinski definition) is 2. The summed E-state index contributed by atoms with van der Waals surface area (Å²) in [6.45, 7) is 8.20. The van der Waals surface area contributed by atoms with Crippen molar-refractivity contribution in [2.75, 3.05) is 13.2 Å². The molecule has 96 valence electrons. The van der Waals surface area contributed by atoms with Crippen LogP contribution in [-0.4, -0.2) is 18.1 Å². The van der Waals surface area contributed by atoms with E-state index in [2.05, 4.69) is 11.5 Å². The molecule has 2 nitrogen and oxygen atoms in total. The molecule has 0 spiro atoms. The van der Waals surface area contributed by atoms with E-state index in [1.165, 1.54) is 5.56 Å². The molecule has 1 aromatic rings. The van der Waals surface area contributed by atoms with Gasteiger partial charge in [-0.2, -0.15) is 0 Å². The van der Waals surface area contributed by atoms with E-state index < -0.39 is 0 Å². The van der Waals surface area contributed by atoms with Crippen LogP contribution < -0.4 is 0 Å². The maximum atomic E-state index is 13.5. The lowest BCUT2D eigenvalue weighted by molar-refractivity contribution is 0.0536. The third-order valence-corrected chi connectivity index (χ3v) is 4.12. The lowest BCUT2D eigenvalue weighted by Crippen LogP contribution is -2.39. The maximum Gasteiger partial charge on any atom is 0.123 e. The zero-order valence-corrected chi connectivity index (χ0v) is 10.7. The van der Waals surface area contributed by atoms with Gasteiger partial charge in [0.1, 0.15) is 12.4 Å². The van der Waals surface area contributed by atoms with Crippen molar-refractivity contribution in [3.63, 3.8) is 0 Å². The van der Waals surface area contributed by atoms with Crippen LogP contribution in [-0.2, 0) is 16.8 Å². The van der Waals surface area contributed by atoms with Crippen LogP contribution in [0, 0.1) is 5.82 Å². The highest BCUT2D eigenvalue weighted by atomic mass is 19.1. The molecule has 0 amide bonds. The molecule has 1 saturated heterocycles. The number of hydrogen-bond donors (Lipinski definition) is 0. The Balaban J connectivity index is 2.00. The first-order chi connectivity index (χ1) is 8.62. The first-order valence-electron chi connectivity index (χ1n) is 6.44. The van der Waals surface area contributed by atoms with Crippen LogP contribution in [0.3, 0.4) is 0 Å². The van der Waals surface area contributed by atoms with Crippen LogP contribution in [0.25, 0.3) is 0 Å². The number of halogens is 1. The van der Waals surface area contributed by atoms with E-state index in [-0.39, 0.29) is 11.4 Å². The molecule has 3 rings (SSSR count). The van der Waals surface area contributed by atoms with E-state index in [4.69, 9.17) is 4.74 Å². The standard InChI is InChI=1S/C15H18FNO/c1-11(2)18-10-15-6-3-7-17(15)9-12-4-5-13(16)8-14(12)15/h4-5,8H,1,3,6-7,9-10H2,2H3. The molecule has 1 aromatic carbocycles. The van der Waals surface area contributed by atoms with E-state index >= 15 is 0 Å². The van der Waals surface area contributed by atoms with Crippen LogP contribution in [0.15, 0.2) is 30.5 Å². The Kier molecular flexibility index (Phi) is 2.67. The molecule has 1 unspecified atom stereocenters. The molecule has 2 aliphatic rings. The second-order valence-corrected chi connectivity index (χ2v) is 5.35. The minimum Gasteiger partial charge on any atom is -0.497 e. The minimum absolute atomic E-state index is 0.129. The van der Waals surface area contributed by atoms with Crippen molar-refractivity contribution < 1.29 is 9.13 Å². The molecule has 0 radical (unpaired) electrons. The van der Waals surface area contributed by atoms with E-state index in [9.17, 15) is 4.39 Å². The summed E-state index contributed by atoms with van der Waals surface area (Å²) in [4.78, 5) is 2.42. The van der Waals surface area contributed by atoms with Gasteiger partial charge in [-0.15, -0.1) is 0 Å². The molecule has 18 heavy (non-hydrogen) atoms. The van der Waals surface area contributed by atoms with Gasteiger partial charge in [-0.05, 0) is 49.6 Å². The number of rotatable bonds is 3. The van der Waals surface area contributed by atoms with Gasteiger partial charge in [0.2, 0.25) is 0 Å². The summed E-state index contributed by atoms with van der Waals surface area (Å²) in [7, 11) is 0. The highest BCUT2D eigenvalue weighted by molar-refractivity contribution is 5.40. The monoisotopic (exact) mass is 247 g/mol. The van der Waals surface area contributed by atoms with Gasteiger partial charge >= 0.3 is 0 Å². The minimum atomic E-state index is -0.155. The fourth-order valence-electron chi connectivity index (χ4n) is 3.28. The van der Waals surface area contributed by atoms with Crippen molar-refractivity contribution in [2.24, 2.45) is 0 Å². The summed E-state index contributed by atoms with van der Waals surface area (Å²) >= 11 is 0. The fraction of sp³-hybridized carbons (Fsp3) is 0.467.